The summed E-state index contributed by atoms with van der Waals surface area (Å²) in [6.45, 7) is 6.15. The molecule has 1 heterocycles. The van der Waals surface area contributed by atoms with E-state index < -0.39 is 0 Å². The molecule has 2 aromatic rings. The van der Waals surface area contributed by atoms with Gasteiger partial charge in [0.05, 0.1) is 5.56 Å². The summed E-state index contributed by atoms with van der Waals surface area (Å²) in [6.07, 6.45) is 0. The van der Waals surface area contributed by atoms with Crippen LogP contribution < -0.4 is 5.56 Å². The van der Waals surface area contributed by atoms with E-state index in [1.807, 2.05) is 19.9 Å². The van der Waals surface area contributed by atoms with Crippen LogP contribution in [0.4, 0.5) is 0 Å². The molecule has 0 amide bonds. The highest BCUT2D eigenvalue weighted by atomic mass is 79.9. The second-order valence-corrected chi connectivity index (χ2v) is 5.64. The van der Waals surface area contributed by atoms with Gasteiger partial charge in [0.2, 0.25) is 0 Å². The molecule has 0 unspecified atom stereocenters. The van der Waals surface area contributed by atoms with Gasteiger partial charge in [0.25, 0.3) is 5.56 Å². The fourth-order valence-electron chi connectivity index (χ4n) is 2.34. The van der Waals surface area contributed by atoms with Gasteiger partial charge in [-0.15, -0.1) is 0 Å². The highest BCUT2D eigenvalue weighted by Crippen LogP contribution is 2.15. The molecule has 0 radical (unpaired) electrons. The first kappa shape index (κ1) is 14.7. The number of ketones is 1. The Hall–Kier alpha value is -1.68. The highest BCUT2D eigenvalue weighted by molar-refractivity contribution is 9.10. The van der Waals surface area contributed by atoms with Crippen LogP contribution in [0.2, 0.25) is 0 Å². The Balaban J connectivity index is 2.61. The summed E-state index contributed by atoms with van der Waals surface area (Å²) in [6, 6.07) is 8.93. The maximum absolute atomic E-state index is 12.6. The zero-order valence-electron chi connectivity index (χ0n) is 11.7. The van der Waals surface area contributed by atoms with Crippen molar-refractivity contribution in [1.29, 1.82) is 0 Å². The molecule has 0 aliphatic heterocycles. The van der Waals surface area contributed by atoms with Gasteiger partial charge in [-0.3, -0.25) is 9.59 Å². The van der Waals surface area contributed by atoms with Gasteiger partial charge in [0.15, 0.2) is 5.78 Å². The van der Waals surface area contributed by atoms with Gasteiger partial charge in [0, 0.05) is 22.3 Å². The summed E-state index contributed by atoms with van der Waals surface area (Å²) in [4.78, 5) is 25.0. The monoisotopic (exact) mass is 333 g/mol. The molecule has 0 aliphatic rings. The zero-order chi connectivity index (χ0) is 14.9. The number of rotatable bonds is 3. The molecule has 104 valence electrons. The number of nitrogens with zero attached hydrogens (tertiary/aromatic N) is 1. The number of carbonyl (C=O) groups excluding carboxylic acids is 1. The predicted octanol–water partition coefficient (Wildman–Crippen LogP) is 3.48. The highest BCUT2D eigenvalue weighted by Gasteiger charge is 2.18. The molecule has 4 heteroatoms. The second-order valence-electron chi connectivity index (χ2n) is 4.73. The summed E-state index contributed by atoms with van der Waals surface area (Å²) in [5, 5.41) is 0. The Morgan fingerprint density at radius 2 is 1.80 bits per heavy atom. The maximum Gasteiger partial charge on any atom is 0.262 e. The molecular formula is C16H16BrNO2. The molecule has 0 N–H and O–H groups in total. The number of carbonyl (C=O) groups is 1. The molecule has 2 rings (SSSR count). The van der Waals surface area contributed by atoms with E-state index in [4.69, 9.17) is 0 Å². The largest absolute Gasteiger partial charge is 0.313 e. The topological polar surface area (TPSA) is 39.1 Å². The van der Waals surface area contributed by atoms with Crippen LogP contribution in [-0.4, -0.2) is 10.4 Å². The number of hydrogen-bond donors (Lipinski definition) is 0. The van der Waals surface area contributed by atoms with Crippen LogP contribution in [0.1, 0.15) is 34.1 Å². The Morgan fingerprint density at radius 3 is 2.35 bits per heavy atom. The fourth-order valence-corrected chi connectivity index (χ4v) is 2.61. The Morgan fingerprint density at radius 1 is 1.20 bits per heavy atom. The first-order valence-electron chi connectivity index (χ1n) is 6.47. The third-order valence-electron chi connectivity index (χ3n) is 3.35. The number of hydrogen-bond acceptors (Lipinski definition) is 2. The van der Waals surface area contributed by atoms with Gasteiger partial charge < -0.3 is 4.57 Å². The van der Waals surface area contributed by atoms with E-state index in [2.05, 4.69) is 15.9 Å². The summed E-state index contributed by atoms with van der Waals surface area (Å²) in [5.41, 5.74) is 2.19. The van der Waals surface area contributed by atoms with Gasteiger partial charge >= 0.3 is 0 Å². The Kier molecular flexibility index (Phi) is 4.23. The fraction of sp³-hybridized carbons (Fsp3) is 0.250. The van der Waals surface area contributed by atoms with Crippen molar-refractivity contribution in [2.24, 2.45) is 0 Å². The molecule has 1 aromatic carbocycles. The smallest absolute Gasteiger partial charge is 0.262 e. The first-order valence-corrected chi connectivity index (χ1v) is 7.26. The lowest BCUT2D eigenvalue weighted by Crippen LogP contribution is -2.29. The van der Waals surface area contributed by atoms with Crippen LogP contribution in [-0.2, 0) is 6.54 Å². The van der Waals surface area contributed by atoms with Crippen LogP contribution in [0.25, 0.3) is 0 Å². The summed E-state index contributed by atoms with van der Waals surface area (Å²) >= 11 is 3.33. The van der Waals surface area contributed by atoms with Gasteiger partial charge in [-0.1, -0.05) is 15.9 Å². The minimum Gasteiger partial charge on any atom is -0.313 e. The number of aryl methyl sites for hydroxylation is 2. The van der Waals surface area contributed by atoms with Crippen molar-refractivity contribution >= 4 is 21.7 Å². The summed E-state index contributed by atoms with van der Waals surface area (Å²) in [5.74, 6) is -0.220. The number of aromatic nitrogens is 1. The molecule has 0 saturated heterocycles. The molecule has 0 spiro atoms. The van der Waals surface area contributed by atoms with Crippen LogP contribution in [0, 0.1) is 13.8 Å². The molecule has 1 aromatic heterocycles. The average Bonchev–Trinajstić information content (AvgIpc) is 2.39. The van der Waals surface area contributed by atoms with Crippen molar-refractivity contribution in [3.63, 3.8) is 0 Å². The Bertz CT molecular complexity index is 714. The van der Waals surface area contributed by atoms with Gasteiger partial charge in [-0.05, 0) is 56.7 Å². The normalized spacial score (nSPS) is 10.6. The molecule has 0 bridgehead atoms. The lowest BCUT2D eigenvalue weighted by atomic mass is 10.00. The van der Waals surface area contributed by atoms with E-state index in [1.165, 1.54) is 0 Å². The standard InChI is InChI=1S/C16H16BrNO2/c1-4-18-11(3)9-10(2)14(16(18)20)15(19)12-5-7-13(17)8-6-12/h5-9H,4H2,1-3H3. The quantitative estimate of drug-likeness (QED) is 0.806. The minimum absolute atomic E-state index is 0.210. The van der Waals surface area contributed by atoms with Crippen LogP contribution >= 0.6 is 15.9 Å². The van der Waals surface area contributed by atoms with Crippen molar-refractivity contribution < 1.29 is 4.79 Å². The van der Waals surface area contributed by atoms with Crippen molar-refractivity contribution in [2.75, 3.05) is 0 Å². The summed E-state index contributed by atoms with van der Waals surface area (Å²) in [7, 11) is 0. The molecule has 0 fully saturated rings. The van der Waals surface area contributed by atoms with Gasteiger partial charge in [-0.2, -0.15) is 0 Å². The molecule has 0 atom stereocenters. The van der Waals surface area contributed by atoms with Crippen molar-refractivity contribution in [3.8, 4) is 0 Å². The lowest BCUT2D eigenvalue weighted by molar-refractivity contribution is 0.103. The van der Waals surface area contributed by atoms with Crippen LogP contribution in [0.3, 0.4) is 0 Å². The van der Waals surface area contributed by atoms with Crippen molar-refractivity contribution in [2.45, 2.75) is 27.3 Å². The van der Waals surface area contributed by atoms with Crippen LogP contribution in [0.5, 0.6) is 0 Å². The van der Waals surface area contributed by atoms with E-state index in [0.717, 1.165) is 15.7 Å². The molecule has 0 saturated carbocycles. The lowest BCUT2D eigenvalue weighted by Gasteiger charge is -2.12. The average molecular weight is 334 g/mol. The Labute approximate surface area is 126 Å². The van der Waals surface area contributed by atoms with E-state index in [0.29, 0.717) is 12.1 Å². The van der Waals surface area contributed by atoms with Crippen molar-refractivity contribution in [3.05, 3.63) is 67.5 Å². The first-order chi connectivity index (χ1) is 9.45. The summed E-state index contributed by atoms with van der Waals surface area (Å²) < 4.78 is 2.53. The minimum atomic E-state index is -0.220. The van der Waals surface area contributed by atoms with Gasteiger partial charge in [-0.25, -0.2) is 0 Å². The predicted molar refractivity (Wildman–Crippen MR) is 83.4 cm³/mol. The van der Waals surface area contributed by atoms with Crippen LogP contribution in [0.15, 0.2) is 39.6 Å². The number of benzene rings is 1. The third-order valence-corrected chi connectivity index (χ3v) is 3.88. The second kappa shape index (κ2) is 5.75. The molecule has 3 nitrogen and oxygen atoms in total. The van der Waals surface area contributed by atoms with E-state index in [-0.39, 0.29) is 16.9 Å². The van der Waals surface area contributed by atoms with E-state index in [9.17, 15) is 9.59 Å². The van der Waals surface area contributed by atoms with Crippen molar-refractivity contribution in [1.82, 2.24) is 4.57 Å². The molecular weight excluding hydrogens is 318 g/mol. The number of halogens is 1. The molecule has 0 aliphatic carbocycles. The van der Waals surface area contributed by atoms with E-state index in [1.54, 1.807) is 35.8 Å². The SMILES string of the molecule is CCn1c(C)cc(C)c(C(=O)c2ccc(Br)cc2)c1=O. The van der Waals surface area contributed by atoms with Gasteiger partial charge in [0.1, 0.15) is 0 Å². The van der Waals surface area contributed by atoms with E-state index >= 15 is 0 Å². The number of pyridine rings is 1. The third kappa shape index (κ3) is 2.61. The maximum atomic E-state index is 12.6. The zero-order valence-corrected chi connectivity index (χ0v) is 13.3. The molecule has 20 heavy (non-hydrogen) atoms.